The molecule has 4 amide bonds. The fourth-order valence-corrected chi connectivity index (χ4v) is 10.4. The van der Waals surface area contributed by atoms with Gasteiger partial charge in [-0.2, -0.15) is 0 Å². The lowest BCUT2D eigenvalue weighted by atomic mass is 9.76. The van der Waals surface area contributed by atoms with Gasteiger partial charge >= 0.3 is 11.9 Å². The molecule has 0 unspecified atom stereocenters. The number of allylic oxidation sites excluding steroid dienone is 1. The number of esters is 2. The highest BCUT2D eigenvalue weighted by molar-refractivity contribution is 5.95. The minimum Gasteiger partial charge on any atom is -0.455 e. The Morgan fingerprint density at radius 2 is 1.05 bits per heavy atom. The zero-order valence-corrected chi connectivity index (χ0v) is 48.6. The Bertz CT molecular complexity index is 3020. The van der Waals surface area contributed by atoms with Crippen LogP contribution in [0.25, 0.3) is 27.6 Å². The highest BCUT2D eigenvalue weighted by Gasteiger charge is 2.38. The molecule has 4 N–H and O–H groups in total. The molecular formula is C62H82N8O10. The van der Waals surface area contributed by atoms with Gasteiger partial charge in [-0.25, -0.2) is 10.9 Å². The molecule has 8 atom stereocenters. The van der Waals surface area contributed by atoms with Crippen LogP contribution < -0.4 is 21.5 Å². The second-order valence-corrected chi connectivity index (χ2v) is 24.1. The molecule has 4 aromatic rings. The molecule has 4 aliphatic heterocycles. The van der Waals surface area contributed by atoms with Crippen LogP contribution in [-0.4, -0.2) is 104 Å². The quantitative estimate of drug-likeness (QED) is 0.139. The second kappa shape index (κ2) is 25.7. The highest BCUT2D eigenvalue weighted by Crippen LogP contribution is 2.33. The Kier molecular flexibility index (Phi) is 19.5. The Morgan fingerprint density at radius 1 is 0.588 bits per heavy atom. The SMILES string of the molecule is CC(C)[C@@H]1CC(=O)C(C)(C)/C=C/c2ccc3cnc(cc3c2)[C@@H](C)OC(=O)[C@@H]2CCCN(N2)C(=O)[C@H](C)NC1=O.CC(C)[C@@H]1CC(=O)C(C)(C)CCc2ccc3cnc(cc3c2)[C@@H](C)OC(=O)[C@@H]2CCCN(N2)C(=O)[C@H](C)NC1=O. The highest BCUT2D eigenvalue weighted by atomic mass is 16.5. The molecule has 10 bridgehead atoms. The van der Waals surface area contributed by atoms with Gasteiger partial charge in [0, 0.05) is 71.8 Å². The molecule has 6 heterocycles. The number of cyclic esters (lactones) is 2. The van der Waals surface area contributed by atoms with Crippen LogP contribution in [0.4, 0.5) is 0 Å². The van der Waals surface area contributed by atoms with Crippen LogP contribution in [0.1, 0.15) is 163 Å². The van der Waals surface area contributed by atoms with Crippen molar-refractivity contribution in [2.45, 2.75) is 171 Å². The average molecular weight is 1100 g/mol. The predicted molar refractivity (Wildman–Crippen MR) is 304 cm³/mol. The summed E-state index contributed by atoms with van der Waals surface area (Å²) in [6, 6.07) is 12.9. The average Bonchev–Trinajstić information content (AvgIpc) is 3.44. The van der Waals surface area contributed by atoms with Gasteiger partial charge < -0.3 is 20.1 Å². The van der Waals surface area contributed by atoms with E-state index < -0.39 is 71.0 Å². The fraction of sp³-hybridized carbons (Fsp3) is 0.548. The van der Waals surface area contributed by atoms with E-state index in [0.29, 0.717) is 63.0 Å². The van der Waals surface area contributed by atoms with E-state index in [1.54, 1.807) is 40.1 Å². The fourth-order valence-electron chi connectivity index (χ4n) is 10.4. The maximum Gasteiger partial charge on any atom is 0.325 e. The Morgan fingerprint density at radius 3 is 1.54 bits per heavy atom. The van der Waals surface area contributed by atoms with E-state index in [0.717, 1.165) is 32.7 Å². The molecule has 2 fully saturated rings. The van der Waals surface area contributed by atoms with Crippen LogP contribution in [0.5, 0.6) is 0 Å². The van der Waals surface area contributed by atoms with E-state index in [4.69, 9.17) is 9.47 Å². The number of amides is 4. The van der Waals surface area contributed by atoms with Crippen LogP contribution in [0.3, 0.4) is 0 Å². The van der Waals surface area contributed by atoms with Crippen LogP contribution in [0.2, 0.25) is 0 Å². The molecule has 430 valence electrons. The van der Waals surface area contributed by atoms with Crippen molar-refractivity contribution in [3.63, 3.8) is 0 Å². The number of benzene rings is 2. The number of rotatable bonds is 2. The van der Waals surface area contributed by atoms with E-state index >= 15 is 0 Å². The molecule has 0 aliphatic carbocycles. The largest absolute Gasteiger partial charge is 0.455 e. The summed E-state index contributed by atoms with van der Waals surface area (Å²) in [5, 5.41) is 12.2. The molecule has 2 aromatic carbocycles. The van der Waals surface area contributed by atoms with E-state index in [9.17, 15) is 38.4 Å². The summed E-state index contributed by atoms with van der Waals surface area (Å²) in [6.45, 7) is 22.8. The monoisotopic (exact) mass is 1100 g/mol. The number of hydrazine groups is 2. The molecular weight excluding hydrogens is 1020 g/mol. The molecule has 4 aliphatic rings. The summed E-state index contributed by atoms with van der Waals surface area (Å²) in [5.41, 5.74) is 7.82. The van der Waals surface area contributed by atoms with Crippen molar-refractivity contribution in [3.05, 3.63) is 89.5 Å². The van der Waals surface area contributed by atoms with E-state index in [1.165, 1.54) is 10.0 Å². The third-order valence-electron chi connectivity index (χ3n) is 16.2. The number of ketones is 2. The first-order valence-corrected chi connectivity index (χ1v) is 28.4. The van der Waals surface area contributed by atoms with E-state index in [-0.39, 0.29) is 59.9 Å². The van der Waals surface area contributed by atoms with Crippen LogP contribution in [0.15, 0.2) is 67.0 Å². The van der Waals surface area contributed by atoms with E-state index in [1.807, 2.05) is 110 Å². The van der Waals surface area contributed by atoms with Gasteiger partial charge in [-0.3, -0.25) is 58.3 Å². The molecule has 18 heteroatoms. The number of hydrogen-bond donors (Lipinski definition) is 4. The number of aryl methyl sites for hydroxylation is 1. The number of fused-ring (bicyclic) bond motifs is 8. The first-order valence-electron chi connectivity index (χ1n) is 28.4. The predicted octanol–water partition coefficient (Wildman–Crippen LogP) is 8.17. The summed E-state index contributed by atoms with van der Waals surface area (Å²) in [6.07, 6.45) is 9.89. The maximum atomic E-state index is 13.5. The summed E-state index contributed by atoms with van der Waals surface area (Å²) < 4.78 is 11.5. The number of nitrogens with one attached hydrogen (secondary N) is 4. The van der Waals surface area contributed by atoms with Crippen LogP contribution >= 0.6 is 0 Å². The van der Waals surface area contributed by atoms with Crippen molar-refractivity contribution < 1.29 is 47.8 Å². The lowest BCUT2D eigenvalue weighted by molar-refractivity contribution is -0.158. The third kappa shape index (κ3) is 14.9. The third-order valence-corrected chi connectivity index (χ3v) is 16.2. The number of ether oxygens (including phenoxy) is 2. The Balaban J connectivity index is 0.000000231. The van der Waals surface area contributed by atoms with E-state index in [2.05, 4.69) is 37.5 Å². The first kappa shape index (κ1) is 60.7. The van der Waals surface area contributed by atoms with Crippen molar-refractivity contribution in [1.29, 1.82) is 0 Å². The minimum atomic E-state index is -0.839. The zero-order chi connectivity index (χ0) is 58.4. The number of carbonyl (C=O) groups excluding carboxylic acids is 8. The second-order valence-electron chi connectivity index (χ2n) is 24.1. The van der Waals surface area contributed by atoms with Crippen LogP contribution in [0, 0.1) is 34.5 Å². The van der Waals surface area contributed by atoms with Crippen molar-refractivity contribution >= 4 is 74.8 Å². The molecule has 2 aromatic heterocycles. The summed E-state index contributed by atoms with van der Waals surface area (Å²) >= 11 is 0. The minimum absolute atomic E-state index is 0.0310. The van der Waals surface area contributed by atoms with Gasteiger partial charge in [0.15, 0.2) is 0 Å². The lowest BCUT2D eigenvalue weighted by Crippen LogP contribution is -2.59. The number of carbonyl (C=O) groups is 8. The number of pyridine rings is 2. The number of Topliss-reactive ketones (excluding diaryl/α,β-unsaturated/α-hetero) is 2. The summed E-state index contributed by atoms with van der Waals surface area (Å²) in [7, 11) is 0. The Hall–Kier alpha value is -6.92. The van der Waals surface area contributed by atoms with Crippen molar-refractivity contribution in [2.24, 2.45) is 34.5 Å². The van der Waals surface area contributed by atoms with Gasteiger partial charge in [-0.05, 0) is 132 Å². The molecule has 0 saturated carbocycles. The maximum absolute atomic E-state index is 13.5. The summed E-state index contributed by atoms with van der Waals surface area (Å²) in [4.78, 5) is 115. The smallest absolute Gasteiger partial charge is 0.325 e. The normalized spacial score (nSPS) is 27.2. The number of nitrogens with zero attached hydrogens (tertiary/aromatic N) is 4. The lowest BCUT2D eigenvalue weighted by Gasteiger charge is -2.35. The number of hydrogen-bond acceptors (Lipinski definition) is 14. The molecule has 18 nitrogen and oxygen atoms in total. The molecule has 80 heavy (non-hydrogen) atoms. The number of aromatic nitrogens is 2. The van der Waals surface area contributed by atoms with Crippen LogP contribution in [-0.2, 0) is 54.3 Å². The molecule has 8 rings (SSSR count). The van der Waals surface area contributed by atoms with Gasteiger partial charge in [0.05, 0.1) is 11.4 Å². The Labute approximate surface area is 470 Å². The van der Waals surface area contributed by atoms with Crippen molar-refractivity contribution in [3.8, 4) is 0 Å². The van der Waals surface area contributed by atoms with Crippen molar-refractivity contribution in [1.82, 2.24) is 41.5 Å². The topological polar surface area (TPSA) is 235 Å². The van der Waals surface area contributed by atoms with Gasteiger partial charge in [-0.15, -0.1) is 0 Å². The van der Waals surface area contributed by atoms with Gasteiger partial charge in [0.1, 0.15) is 47.9 Å². The zero-order valence-electron chi connectivity index (χ0n) is 48.6. The first-order chi connectivity index (χ1) is 37.7. The van der Waals surface area contributed by atoms with Gasteiger partial charge in [0.2, 0.25) is 11.8 Å². The summed E-state index contributed by atoms with van der Waals surface area (Å²) in [5.74, 6) is -3.63. The molecule has 2 saturated heterocycles. The van der Waals surface area contributed by atoms with Gasteiger partial charge in [-0.1, -0.05) is 84.0 Å². The standard InChI is InChI=1S/C31H42N4O5.C31H40N4O5/c2*1-18(2)24-16-27(36)31(5,6)12-11-21-9-10-22-17-32-26(15-23(22)14-21)20(4)40-30(39)25-8-7-13-35(34-25)29(38)19(3)33-28(24)37/h9-10,14-15,17-20,24-25,34H,7-8,11-13,16H2,1-6H3,(H,33,37);9-12,14-15,17-20,24-25,34H,7-8,13,16H2,1-6H3,(H,33,37)/b;12-11+/t2*19-,20+,24-,25-/m00/s1. The van der Waals surface area contributed by atoms with Crippen molar-refractivity contribution in [2.75, 3.05) is 13.1 Å². The van der Waals surface area contributed by atoms with Gasteiger partial charge in [0.25, 0.3) is 11.8 Å². The molecule has 0 radical (unpaired) electrons. The molecule has 0 spiro atoms.